The zero-order valence-electron chi connectivity index (χ0n) is 14.6. The first-order chi connectivity index (χ1) is 12.7. The summed E-state index contributed by atoms with van der Waals surface area (Å²) in [6.07, 6.45) is 7.37. The van der Waals surface area contributed by atoms with Gasteiger partial charge in [0.1, 0.15) is 24.8 Å². The fraction of sp³-hybridized carbons (Fsp3) is 0.588. The van der Waals surface area contributed by atoms with Crippen LogP contribution in [0, 0.1) is 5.92 Å². The molecular formula is C17H23N7O2. The molecule has 9 nitrogen and oxygen atoms in total. The molecule has 0 atom stereocenters. The Bertz CT molecular complexity index is 735. The minimum Gasteiger partial charge on any atom is -0.393 e. The second kappa shape index (κ2) is 7.36. The molecule has 0 unspecified atom stereocenters. The fourth-order valence-electron chi connectivity index (χ4n) is 3.66. The number of amides is 1. The molecule has 0 aromatic carbocycles. The van der Waals surface area contributed by atoms with E-state index in [1.165, 1.54) is 12.7 Å². The third-order valence-corrected chi connectivity index (χ3v) is 5.24. The van der Waals surface area contributed by atoms with Gasteiger partial charge in [0.05, 0.1) is 6.10 Å². The number of aliphatic hydroxyl groups is 1. The Morgan fingerprint density at radius 2 is 1.73 bits per heavy atom. The lowest BCUT2D eigenvalue weighted by atomic mass is 9.94. The molecular weight excluding hydrogens is 334 g/mol. The van der Waals surface area contributed by atoms with Crippen molar-refractivity contribution in [3.8, 4) is 5.82 Å². The van der Waals surface area contributed by atoms with Gasteiger partial charge in [-0.2, -0.15) is 5.10 Å². The van der Waals surface area contributed by atoms with Crippen molar-refractivity contribution >= 4 is 11.7 Å². The normalized spacial score (nSPS) is 19.7. The SMILES string of the molecule is O=C(C1CCN(c2cc(-n3cncn3)ncn2)CC1)N1CCC(O)CC1. The molecule has 0 saturated carbocycles. The van der Waals surface area contributed by atoms with Crippen molar-refractivity contribution in [2.24, 2.45) is 5.92 Å². The van der Waals surface area contributed by atoms with E-state index in [9.17, 15) is 9.90 Å². The minimum absolute atomic E-state index is 0.0677. The lowest BCUT2D eigenvalue weighted by Crippen LogP contribution is -2.46. The zero-order valence-corrected chi connectivity index (χ0v) is 14.6. The molecule has 4 heterocycles. The summed E-state index contributed by atoms with van der Waals surface area (Å²) >= 11 is 0. The highest BCUT2D eigenvalue weighted by atomic mass is 16.3. The molecule has 9 heteroatoms. The number of hydrogen-bond donors (Lipinski definition) is 1. The molecule has 2 aromatic heterocycles. The number of carbonyl (C=O) groups is 1. The first-order valence-electron chi connectivity index (χ1n) is 9.09. The second-order valence-electron chi connectivity index (χ2n) is 6.89. The molecule has 26 heavy (non-hydrogen) atoms. The van der Waals surface area contributed by atoms with Crippen LogP contribution in [0.5, 0.6) is 0 Å². The maximum atomic E-state index is 12.7. The molecule has 1 N–H and O–H groups in total. The zero-order chi connectivity index (χ0) is 17.9. The van der Waals surface area contributed by atoms with Gasteiger partial charge in [-0.3, -0.25) is 4.79 Å². The van der Waals surface area contributed by atoms with E-state index in [4.69, 9.17) is 0 Å². The van der Waals surface area contributed by atoms with Gasteiger partial charge in [0.25, 0.3) is 0 Å². The summed E-state index contributed by atoms with van der Waals surface area (Å²) in [5.74, 6) is 1.83. The third kappa shape index (κ3) is 3.52. The van der Waals surface area contributed by atoms with Gasteiger partial charge in [-0.1, -0.05) is 0 Å². The van der Waals surface area contributed by atoms with Crippen LogP contribution in [0.15, 0.2) is 25.0 Å². The van der Waals surface area contributed by atoms with E-state index in [2.05, 4.69) is 25.0 Å². The number of likely N-dealkylation sites (tertiary alicyclic amines) is 1. The standard InChI is InChI=1S/C17H23N7O2/c25-14-3-7-23(8-4-14)17(26)13-1-5-22(6-2-13)15-9-16(20-11-19-15)24-12-18-10-21-24/h9-14,25H,1-8H2. The highest BCUT2D eigenvalue weighted by Crippen LogP contribution is 2.25. The van der Waals surface area contributed by atoms with Crippen molar-refractivity contribution in [3.05, 3.63) is 25.0 Å². The van der Waals surface area contributed by atoms with Gasteiger partial charge < -0.3 is 14.9 Å². The van der Waals surface area contributed by atoms with Crippen molar-refractivity contribution in [2.75, 3.05) is 31.1 Å². The van der Waals surface area contributed by atoms with Gasteiger partial charge in [0.15, 0.2) is 5.82 Å². The van der Waals surface area contributed by atoms with Crippen molar-refractivity contribution in [1.29, 1.82) is 0 Å². The van der Waals surface area contributed by atoms with E-state index >= 15 is 0 Å². The van der Waals surface area contributed by atoms with Crippen LogP contribution in [-0.4, -0.2) is 72.9 Å². The van der Waals surface area contributed by atoms with Crippen molar-refractivity contribution in [2.45, 2.75) is 31.8 Å². The van der Waals surface area contributed by atoms with Gasteiger partial charge in [-0.05, 0) is 25.7 Å². The predicted octanol–water partition coefficient (Wildman–Crippen LogP) is 0.257. The number of rotatable bonds is 3. The monoisotopic (exact) mass is 357 g/mol. The molecule has 2 fully saturated rings. The Balaban J connectivity index is 1.36. The quantitative estimate of drug-likeness (QED) is 0.841. The van der Waals surface area contributed by atoms with Gasteiger partial charge in [0, 0.05) is 38.2 Å². The Kier molecular flexibility index (Phi) is 4.79. The number of aromatic nitrogens is 5. The van der Waals surface area contributed by atoms with Gasteiger partial charge in [-0.15, -0.1) is 0 Å². The maximum absolute atomic E-state index is 12.7. The highest BCUT2D eigenvalue weighted by Gasteiger charge is 2.30. The number of piperidine rings is 2. The molecule has 0 radical (unpaired) electrons. The fourth-order valence-corrected chi connectivity index (χ4v) is 3.66. The Labute approximate surface area is 151 Å². The molecule has 2 saturated heterocycles. The first kappa shape index (κ1) is 16.9. The molecule has 138 valence electrons. The third-order valence-electron chi connectivity index (χ3n) is 5.24. The molecule has 2 aromatic rings. The van der Waals surface area contributed by atoms with Crippen molar-refractivity contribution in [1.82, 2.24) is 29.6 Å². The maximum Gasteiger partial charge on any atom is 0.225 e. The van der Waals surface area contributed by atoms with Gasteiger partial charge in [-0.25, -0.2) is 19.6 Å². The van der Waals surface area contributed by atoms with E-state index in [1.807, 2.05) is 11.0 Å². The molecule has 0 bridgehead atoms. The van der Waals surface area contributed by atoms with E-state index in [-0.39, 0.29) is 17.9 Å². The lowest BCUT2D eigenvalue weighted by molar-refractivity contribution is -0.138. The van der Waals surface area contributed by atoms with Crippen LogP contribution in [-0.2, 0) is 4.79 Å². The number of nitrogens with zero attached hydrogens (tertiary/aromatic N) is 7. The first-order valence-corrected chi connectivity index (χ1v) is 9.09. The van der Waals surface area contributed by atoms with Gasteiger partial charge in [0.2, 0.25) is 5.91 Å². The second-order valence-corrected chi connectivity index (χ2v) is 6.89. The van der Waals surface area contributed by atoms with Crippen LogP contribution in [0.2, 0.25) is 0 Å². The summed E-state index contributed by atoms with van der Waals surface area (Å²) in [6.45, 7) is 2.93. The highest BCUT2D eigenvalue weighted by molar-refractivity contribution is 5.79. The van der Waals surface area contributed by atoms with Crippen LogP contribution in [0.1, 0.15) is 25.7 Å². The largest absolute Gasteiger partial charge is 0.393 e. The van der Waals surface area contributed by atoms with E-state index in [0.29, 0.717) is 31.7 Å². The summed E-state index contributed by atoms with van der Waals surface area (Å²) in [5.41, 5.74) is 0. The molecule has 2 aliphatic rings. The van der Waals surface area contributed by atoms with E-state index < -0.39 is 0 Å². The number of carbonyl (C=O) groups excluding carboxylic acids is 1. The van der Waals surface area contributed by atoms with Crippen molar-refractivity contribution in [3.63, 3.8) is 0 Å². The predicted molar refractivity (Wildman–Crippen MR) is 93.7 cm³/mol. The summed E-state index contributed by atoms with van der Waals surface area (Å²) in [7, 11) is 0. The summed E-state index contributed by atoms with van der Waals surface area (Å²) in [4.78, 5) is 29.3. The number of anilines is 1. The molecule has 0 aliphatic carbocycles. The summed E-state index contributed by atoms with van der Waals surface area (Å²) in [5, 5.41) is 13.7. The average molecular weight is 357 g/mol. The van der Waals surface area contributed by atoms with E-state index in [0.717, 1.165) is 31.7 Å². The molecule has 0 spiro atoms. The smallest absolute Gasteiger partial charge is 0.225 e. The lowest BCUT2D eigenvalue weighted by Gasteiger charge is -2.36. The number of hydrogen-bond acceptors (Lipinski definition) is 7. The van der Waals surface area contributed by atoms with Gasteiger partial charge >= 0.3 is 0 Å². The molecule has 2 aliphatic heterocycles. The van der Waals surface area contributed by atoms with Crippen LogP contribution < -0.4 is 4.90 Å². The number of aliphatic hydroxyl groups excluding tert-OH is 1. The Hall–Kier alpha value is -2.55. The van der Waals surface area contributed by atoms with Crippen LogP contribution >= 0.6 is 0 Å². The van der Waals surface area contributed by atoms with E-state index in [1.54, 1.807) is 11.0 Å². The van der Waals surface area contributed by atoms with Crippen molar-refractivity contribution < 1.29 is 9.90 Å². The Morgan fingerprint density at radius 3 is 2.42 bits per heavy atom. The Morgan fingerprint density at radius 1 is 1.00 bits per heavy atom. The summed E-state index contributed by atoms with van der Waals surface area (Å²) in [6, 6.07) is 1.89. The van der Waals surface area contributed by atoms with Crippen LogP contribution in [0.3, 0.4) is 0 Å². The molecule has 1 amide bonds. The minimum atomic E-state index is -0.252. The topological polar surface area (TPSA) is 100 Å². The van der Waals surface area contributed by atoms with Crippen LogP contribution in [0.4, 0.5) is 5.82 Å². The summed E-state index contributed by atoms with van der Waals surface area (Å²) < 4.78 is 1.60. The molecule has 4 rings (SSSR count). The average Bonchev–Trinajstić information content (AvgIpc) is 3.23. The van der Waals surface area contributed by atoms with Crippen LogP contribution in [0.25, 0.3) is 5.82 Å².